The van der Waals surface area contributed by atoms with Gasteiger partial charge in [0.2, 0.25) is 18.6 Å². The van der Waals surface area contributed by atoms with E-state index in [2.05, 4.69) is 7.74 Å². The highest BCUT2D eigenvalue weighted by molar-refractivity contribution is 7.89. The van der Waals surface area contributed by atoms with Gasteiger partial charge in [-0.3, -0.25) is 0 Å². The average Bonchev–Trinajstić information content (AvgIpc) is 2.08. The predicted octanol–water partition coefficient (Wildman–Crippen LogP) is -1.20. The van der Waals surface area contributed by atoms with Crippen molar-refractivity contribution in [1.82, 2.24) is 0 Å². The number of halogens is 6. The van der Waals surface area contributed by atoms with E-state index in [1.165, 1.54) is 0 Å². The Balaban J connectivity index is 4.36. The van der Waals surface area contributed by atoms with Gasteiger partial charge in [0.15, 0.2) is 0 Å². The van der Waals surface area contributed by atoms with E-state index in [4.69, 9.17) is 0 Å². The number of alkyl halides is 6. The van der Waals surface area contributed by atoms with Gasteiger partial charge >= 0.3 is 31.3 Å². The Morgan fingerprint density at radius 2 is 0.889 bits per heavy atom. The zero-order chi connectivity index (χ0) is 14.8. The molecule has 0 aliphatic rings. The summed E-state index contributed by atoms with van der Waals surface area (Å²) in [4.78, 5) is 0. The molecule has 16 heteroatoms. The van der Waals surface area contributed by atoms with Crippen molar-refractivity contribution in [3.05, 3.63) is 0 Å². The van der Waals surface area contributed by atoms with Crippen LogP contribution in [0.4, 0.5) is 26.3 Å². The molecule has 110 valence electrons. The third kappa shape index (κ3) is 4.84. The van der Waals surface area contributed by atoms with Gasteiger partial charge < -0.3 is 7.74 Å². The van der Waals surface area contributed by atoms with E-state index in [1.54, 1.807) is 0 Å². The monoisotopic (exact) mass is 358 g/mol. The van der Waals surface area contributed by atoms with E-state index >= 15 is 0 Å². The van der Waals surface area contributed by atoms with Gasteiger partial charge in [0.05, 0.1) is 0 Å². The minimum absolute atomic E-state index is 2.68. The minimum atomic E-state index is -5.91. The summed E-state index contributed by atoms with van der Waals surface area (Å²) in [5.41, 5.74) is -11.4. The molecule has 0 aliphatic heterocycles. The van der Waals surface area contributed by atoms with Gasteiger partial charge in [-0.1, -0.05) is 0 Å². The predicted molar refractivity (Wildman–Crippen MR) is 49.2 cm³/mol. The minimum Gasteiger partial charge on any atom is -0.317 e. The van der Waals surface area contributed by atoms with Crippen molar-refractivity contribution >= 4 is 38.8 Å². The van der Waals surface area contributed by atoms with Crippen LogP contribution >= 0.6 is 0 Å². The summed E-state index contributed by atoms with van der Waals surface area (Å²) < 4.78 is 118. The van der Waals surface area contributed by atoms with E-state index in [9.17, 15) is 43.2 Å². The normalized spacial score (nSPS) is 16.1. The maximum absolute atomic E-state index is 11.7. The fraction of sp³-hybridized carbons (Fsp3) is 1.00. The van der Waals surface area contributed by atoms with Crippen molar-refractivity contribution in [1.29, 1.82) is 0 Å². The molecule has 0 heterocycles. The SMILES string of the molecule is O=S(=O)(O[SiH2][SiH2]OS(=O)(=O)C(F)(F)F)C(F)(F)F. The molecule has 0 spiro atoms. The maximum Gasteiger partial charge on any atom is 0.522 e. The Kier molecular flexibility index (Phi) is 5.40. The summed E-state index contributed by atoms with van der Waals surface area (Å²) in [7, 11) is -17.2. The van der Waals surface area contributed by atoms with Gasteiger partial charge in [-0.15, -0.1) is 0 Å². The summed E-state index contributed by atoms with van der Waals surface area (Å²) in [5.74, 6) is 0. The van der Waals surface area contributed by atoms with E-state index < -0.39 is 49.8 Å². The lowest BCUT2D eigenvalue weighted by molar-refractivity contribution is -0.0507. The zero-order valence-electron chi connectivity index (χ0n) is 7.95. The molecule has 0 aliphatic carbocycles. The Bertz CT molecular complexity index is 429. The molecule has 0 saturated heterocycles. The summed E-state index contributed by atoms with van der Waals surface area (Å²) in [6.07, 6.45) is 0. The lowest BCUT2D eigenvalue weighted by Crippen LogP contribution is -2.32. The molecule has 0 atom stereocenters. The molecule has 0 aromatic heterocycles. The van der Waals surface area contributed by atoms with Crippen LogP contribution in [0.3, 0.4) is 0 Å². The van der Waals surface area contributed by atoms with Crippen LogP contribution in [0.5, 0.6) is 0 Å². The average molecular weight is 358 g/mol. The van der Waals surface area contributed by atoms with Gasteiger partial charge in [-0.2, -0.15) is 43.2 Å². The van der Waals surface area contributed by atoms with Gasteiger partial charge in [-0.25, -0.2) is 0 Å². The molecule has 0 bridgehead atoms. The second-order valence-electron chi connectivity index (χ2n) is 2.44. The first-order valence-corrected chi connectivity index (χ1v) is 11.6. The van der Waals surface area contributed by atoms with Crippen molar-refractivity contribution < 1.29 is 50.9 Å². The Hall–Kier alpha value is -0.166. The van der Waals surface area contributed by atoms with Crippen molar-refractivity contribution in [3.8, 4) is 0 Å². The number of hydrogen-bond donors (Lipinski definition) is 0. The standard InChI is InChI=1S/C2H4F6O6S2Si2/c3-1(4,5)15(9,10)13-17-18-14-16(11,12)2(6,7)8/h17-18H2. The fourth-order valence-corrected chi connectivity index (χ4v) is 8.96. The molecule has 0 unspecified atom stereocenters. The molecule has 0 amide bonds. The van der Waals surface area contributed by atoms with E-state index in [0.717, 1.165) is 0 Å². The van der Waals surface area contributed by atoms with Crippen LogP contribution in [0.1, 0.15) is 0 Å². The van der Waals surface area contributed by atoms with Gasteiger partial charge in [0.1, 0.15) is 0 Å². The van der Waals surface area contributed by atoms with Gasteiger partial charge in [0.25, 0.3) is 0 Å². The quantitative estimate of drug-likeness (QED) is 0.266. The molecule has 6 nitrogen and oxygen atoms in total. The van der Waals surface area contributed by atoms with Crippen molar-refractivity contribution in [2.75, 3.05) is 0 Å². The maximum atomic E-state index is 11.7. The third-order valence-corrected chi connectivity index (χ3v) is 9.74. The topological polar surface area (TPSA) is 86.7 Å². The summed E-state index contributed by atoms with van der Waals surface area (Å²) >= 11 is 0. The first kappa shape index (κ1) is 17.8. The smallest absolute Gasteiger partial charge is 0.317 e. The molecular formula is C2H4F6O6S2Si2. The summed E-state index contributed by atoms with van der Waals surface area (Å²) in [6.45, 7) is 0. The highest BCUT2D eigenvalue weighted by atomic mass is 32.2. The van der Waals surface area contributed by atoms with E-state index in [0.29, 0.717) is 0 Å². The second-order valence-corrected chi connectivity index (χ2v) is 10.3. The molecule has 0 N–H and O–H groups in total. The van der Waals surface area contributed by atoms with E-state index in [1.807, 2.05) is 0 Å². The molecule has 0 saturated carbocycles. The third-order valence-electron chi connectivity index (χ3n) is 1.13. The molecule has 0 fully saturated rings. The first-order valence-electron chi connectivity index (χ1n) is 3.62. The van der Waals surface area contributed by atoms with Crippen LogP contribution in [0.25, 0.3) is 0 Å². The van der Waals surface area contributed by atoms with Crippen LogP contribution in [-0.4, -0.2) is 46.4 Å². The lowest BCUT2D eigenvalue weighted by atomic mass is 11.6. The second kappa shape index (κ2) is 5.45. The largest absolute Gasteiger partial charge is 0.522 e. The Morgan fingerprint density at radius 3 is 1.06 bits per heavy atom. The van der Waals surface area contributed by atoms with Crippen molar-refractivity contribution in [2.24, 2.45) is 0 Å². The van der Waals surface area contributed by atoms with Crippen molar-refractivity contribution in [3.63, 3.8) is 0 Å². The molecule has 0 aromatic rings. The number of hydrogen-bond acceptors (Lipinski definition) is 6. The van der Waals surface area contributed by atoms with Crippen LogP contribution in [0.2, 0.25) is 0 Å². The lowest BCUT2D eigenvalue weighted by Gasteiger charge is -2.09. The van der Waals surface area contributed by atoms with Crippen LogP contribution in [0, 0.1) is 0 Å². The summed E-state index contributed by atoms with van der Waals surface area (Å²) in [5, 5.41) is 0. The van der Waals surface area contributed by atoms with Crippen LogP contribution in [-0.2, 0) is 28.0 Å². The zero-order valence-corrected chi connectivity index (χ0v) is 12.4. The van der Waals surface area contributed by atoms with Gasteiger partial charge in [0, 0.05) is 0 Å². The van der Waals surface area contributed by atoms with Gasteiger partial charge in [-0.05, 0) is 0 Å². The Morgan fingerprint density at radius 1 is 0.667 bits per heavy atom. The molecule has 0 radical (unpaired) electrons. The molecular weight excluding hydrogens is 354 g/mol. The van der Waals surface area contributed by atoms with Crippen molar-refractivity contribution in [2.45, 2.75) is 11.0 Å². The molecule has 0 aromatic carbocycles. The number of rotatable bonds is 5. The molecule has 18 heavy (non-hydrogen) atoms. The van der Waals surface area contributed by atoms with Crippen LogP contribution < -0.4 is 0 Å². The molecule has 0 rings (SSSR count). The highest BCUT2D eigenvalue weighted by Gasteiger charge is 2.48. The fourth-order valence-electron chi connectivity index (χ4n) is 0.421. The highest BCUT2D eigenvalue weighted by Crippen LogP contribution is 2.25. The first-order chi connectivity index (χ1) is 7.71. The van der Waals surface area contributed by atoms with E-state index in [-0.39, 0.29) is 0 Å². The summed E-state index contributed by atoms with van der Waals surface area (Å²) in [6, 6.07) is 0. The Labute approximate surface area is 101 Å². The van der Waals surface area contributed by atoms with Crippen LogP contribution in [0.15, 0.2) is 0 Å².